The number of ether oxygens (including phenoxy) is 1. The van der Waals surface area contributed by atoms with E-state index in [0.717, 1.165) is 31.6 Å². The van der Waals surface area contributed by atoms with Crippen molar-refractivity contribution >= 4 is 5.97 Å². The average Bonchev–Trinajstić information content (AvgIpc) is 2.87. The van der Waals surface area contributed by atoms with Gasteiger partial charge in [0.15, 0.2) is 0 Å². The number of methoxy groups -OCH3 is 1. The molecule has 1 rings (SSSR count). The number of carbonyl (C=O) groups is 1. The van der Waals surface area contributed by atoms with Crippen molar-refractivity contribution in [3.8, 4) is 0 Å². The van der Waals surface area contributed by atoms with Gasteiger partial charge in [-0.15, -0.1) is 0 Å². The summed E-state index contributed by atoms with van der Waals surface area (Å²) >= 11 is 0. The van der Waals surface area contributed by atoms with Crippen LogP contribution in [0.3, 0.4) is 0 Å². The van der Waals surface area contributed by atoms with Crippen molar-refractivity contribution in [2.24, 2.45) is 11.8 Å². The molecular formula is C19H36O3. The van der Waals surface area contributed by atoms with Crippen LogP contribution in [0.2, 0.25) is 0 Å². The van der Waals surface area contributed by atoms with Crippen molar-refractivity contribution in [2.45, 2.75) is 96.5 Å². The molecule has 3 heteroatoms. The highest BCUT2D eigenvalue weighted by atomic mass is 16.5. The molecular weight excluding hydrogens is 276 g/mol. The number of carbonyl (C=O) groups excluding carboxylic acids is 1. The second kappa shape index (κ2) is 11.9. The number of hydrogen-bond acceptors (Lipinski definition) is 3. The topological polar surface area (TPSA) is 46.5 Å². The third-order valence-electron chi connectivity index (χ3n) is 5.26. The summed E-state index contributed by atoms with van der Waals surface area (Å²) in [4.78, 5) is 11.0. The Morgan fingerprint density at radius 1 is 1.00 bits per heavy atom. The number of hydrogen-bond donors (Lipinski definition) is 1. The van der Waals surface area contributed by atoms with E-state index < -0.39 is 0 Å². The summed E-state index contributed by atoms with van der Waals surface area (Å²) in [5, 5.41) is 10.2. The molecule has 22 heavy (non-hydrogen) atoms. The second-order valence-electron chi connectivity index (χ2n) is 6.95. The second-order valence-corrected chi connectivity index (χ2v) is 6.95. The lowest BCUT2D eigenvalue weighted by molar-refractivity contribution is -0.140. The Balaban J connectivity index is 2.11. The smallest absolute Gasteiger partial charge is 0.305 e. The van der Waals surface area contributed by atoms with Crippen LogP contribution in [-0.2, 0) is 9.53 Å². The lowest BCUT2D eigenvalue weighted by Crippen LogP contribution is -2.19. The van der Waals surface area contributed by atoms with Crippen LogP contribution in [0.4, 0.5) is 0 Å². The van der Waals surface area contributed by atoms with Crippen LogP contribution in [-0.4, -0.2) is 24.3 Å². The quantitative estimate of drug-likeness (QED) is 0.413. The van der Waals surface area contributed by atoms with E-state index in [9.17, 15) is 9.90 Å². The maximum Gasteiger partial charge on any atom is 0.305 e. The van der Waals surface area contributed by atoms with Crippen molar-refractivity contribution in [1.29, 1.82) is 0 Å². The van der Waals surface area contributed by atoms with Gasteiger partial charge in [-0.05, 0) is 37.5 Å². The van der Waals surface area contributed by atoms with Gasteiger partial charge in [0, 0.05) is 6.42 Å². The van der Waals surface area contributed by atoms with E-state index in [1.54, 1.807) is 0 Å². The van der Waals surface area contributed by atoms with Crippen molar-refractivity contribution < 1.29 is 14.6 Å². The summed E-state index contributed by atoms with van der Waals surface area (Å²) in [5.74, 6) is 1.18. The molecule has 0 spiro atoms. The summed E-state index contributed by atoms with van der Waals surface area (Å²) < 4.78 is 4.65. The molecule has 0 saturated heterocycles. The van der Waals surface area contributed by atoms with E-state index in [-0.39, 0.29) is 12.1 Å². The monoisotopic (exact) mass is 312 g/mol. The molecule has 1 N–H and O–H groups in total. The summed E-state index contributed by atoms with van der Waals surface area (Å²) in [6, 6.07) is 0. The Morgan fingerprint density at radius 3 is 2.41 bits per heavy atom. The fourth-order valence-electron chi connectivity index (χ4n) is 3.85. The molecule has 0 aromatic carbocycles. The van der Waals surface area contributed by atoms with Gasteiger partial charge in [-0.25, -0.2) is 0 Å². The SMILES string of the molecule is CCCCCC[C@H]1CC[C@H](O)[C@@H]1CCCCCCC(=O)OC. The number of aliphatic hydroxyl groups excluding tert-OH is 1. The van der Waals surface area contributed by atoms with Crippen LogP contribution in [0.15, 0.2) is 0 Å². The zero-order valence-corrected chi connectivity index (χ0v) is 14.7. The molecule has 0 unspecified atom stereocenters. The summed E-state index contributed by atoms with van der Waals surface area (Å²) in [6.45, 7) is 2.25. The maximum absolute atomic E-state index is 11.0. The highest BCUT2D eigenvalue weighted by molar-refractivity contribution is 5.68. The van der Waals surface area contributed by atoms with E-state index in [1.807, 2.05) is 0 Å². The number of unbranched alkanes of at least 4 members (excludes halogenated alkanes) is 6. The van der Waals surface area contributed by atoms with Crippen molar-refractivity contribution in [2.75, 3.05) is 7.11 Å². The van der Waals surface area contributed by atoms with E-state index in [4.69, 9.17) is 0 Å². The van der Waals surface area contributed by atoms with Gasteiger partial charge < -0.3 is 9.84 Å². The van der Waals surface area contributed by atoms with Gasteiger partial charge in [-0.1, -0.05) is 58.3 Å². The summed E-state index contributed by atoms with van der Waals surface area (Å²) in [6.07, 6.45) is 14.9. The Bertz CT molecular complexity index is 290. The lowest BCUT2D eigenvalue weighted by atomic mass is 9.86. The first kappa shape index (κ1) is 19.5. The molecule has 3 atom stereocenters. The Kier molecular flexibility index (Phi) is 10.6. The Labute approximate surface area is 136 Å². The van der Waals surface area contributed by atoms with E-state index >= 15 is 0 Å². The van der Waals surface area contributed by atoms with Gasteiger partial charge in [0.1, 0.15) is 0 Å². The highest BCUT2D eigenvalue weighted by Gasteiger charge is 2.33. The lowest BCUT2D eigenvalue weighted by Gasteiger charge is -2.22. The summed E-state index contributed by atoms with van der Waals surface area (Å²) in [7, 11) is 1.45. The third kappa shape index (κ3) is 7.62. The van der Waals surface area contributed by atoms with Crippen LogP contribution >= 0.6 is 0 Å². The Hall–Kier alpha value is -0.570. The summed E-state index contributed by atoms with van der Waals surface area (Å²) in [5.41, 5.74) is 0. The van der Waals surface area contributed by atoms with Gasteiger partial charge in [0.05, 0.1) is 13.2 Å². The van der Waals surface area contributed by atoms with Crippen molar-refractivity contribution in [3.63, 3.8) is 0 Å². The van der Waals surface area contributed by atoms with Crippen LogP contribution in [0.1, 0.15) is 90.4 Å². The molecule has 1 fully saturated rings. The van der Waals surface area contributed by atoms with Gasteiger partial charge >= 0.3 is 5.97 Å². The average molecular weight is 312 g/mol. The first-order chi connectivity index (χ1) is 10.7. The minimum atomic E-state index is -0.0987. The largest absolute Gasteiger partial charge is 0.469 e. The molecule has 1 aliphatic carbocycles. The predicted molar refractivity (Wildman–Crippen MR) is 90.7 cm³/mol. The van der Waals surface area contributed by atoms with Gasteiger partial charge in [-0.3, -0.25) is 4.79 Å². The maximum atomic E-state index is 11.0. The molecule has 130 valence electrons. The molecule has 0 amide bonds. The molecule has 0 radical (unpaired) electrons. The van der Waals surface area contributed by atoms with Crippen molar-refractivity contribution in [3.05, 3.63) is 0 Å². The first-order valence-electron chi connectivity index (χ1n) is 9.44. The number of aliphatic hydroxyl groups is 1. The molecule has 0 aromatic heterocycles. The standard InChI is InChI=1S/C19H36O3/c1-3-4-5-8-11-16-14-15-18(20)17(16)12-9-6-7-10-13-19(21)22-2/h16-18,20H,3-15H2,1-2H3/t16-,17+,18-/m0/s1. The minimum absolute atomic E-state index is 0.0637. The number of rotatable bonds is 12. The first-order valence-corrected chi connectivity index (χ1v) is 9.44. The normalized spacial score (nSPS) is 24.6. The van der Waals surface area contributed by atoms with Gasteiger partial charge in [-0.2, -0.15) is 0 Å². The zero-order chi connectivity index (χ0) is 16.2. The predicted octanol–water partition coefficient (Wildman–Crippen LogP) is 4.86. The van der Waals surface area contributed by atoms with Crippen LogP contribution in [0, 0.1) is 11.8 Å². The fourth-order valence-corrected chi connectivity index (χ4v) is 3.85. The van der Waals surface area contributed by atoms with Crippen LogP contribution < -0.4 is 0 Å². The number of esters is 1. The molecule has 1 saturated carbocycles. The zero-order valence-electron chi connectivity index (χ0n) is 14.7. The van der Waals surface area contributed by atoms with E-state index in [0.29, 0.717) is 12.3 Å². The van der Waals surface area contributed by atoms with Crippen molar-refractivity contribution in [1.82, 2.24) is 0 Å². The van der Waals surface area contributed by atoms with Gasteiger partial charge in [0.2, 0.25) is 0 Å². The minimum Gasteiger partial charge on any atom is -0.469 e. The highest BCUT2D eigenvalue weighted by Crippen LogP contribution is 2.38. The van der Waals surface area contributed by atoms with Gasteiger partial charge in [0.25, 0.3) is 0 Å². The van der Waals surface area contributed by atoms with Crippen LogP contribution in [0.5, 0.6) is 0 Å². The molecule has 0 aromatic rings. The molecule has 0 aliphatic heterocycles. The molecule has 3 nitrogen and oxygen atoms in total. The molecule has 0 heterocycles. The van der Waals surface area contributed by atoms with Crippen LogP contribution in [0.25, 0.3) is 0 Å². The van der Waals surface area contributed by atoms with E-state index in [1.165, 1.54) is 58.5 Å². The molecule has 1 aliphatic rings. The van der Waals surface area contributed by atoms with E-state index in [2.05, 4.69) is 11.7 Å². The molecule has 0 bridgehead atoms. The Morgan fingerprint density at radius 2 is 1.68 bits per heavy atom. The fraction of sp³-hybridized carbons (Fsp3) is 0.947. The third-order valence-corrected chi connectivity index (χ3v) is 5.26.